The topological polar surface area (TPSA) is 23.5 Å². The number of benzene rings is 1. The molecule has 2 nitrogen and oxygen atoms in total. The second-order valence-electron chi connectivity index (χ2n) is 7.18. The Kier molecular flexibility index (Phi) is 5.22. The molecule has 0 unspecified atom stereocenters. The molecule has 1 saturated heterocycles. The van der Waals surface area contributed by atoms with Gasteiger partial charge in [0.1, 0.15) is 0 Å². The van der Waals surface area contributed by atoms with Gasteiger partial charge in [0.15, 0.2) is 0 Å². The summed E-state index contributed by atoms with van der Waals surface area (Å²) in [4.78, 5) is 2.54. The number of aliphatic hydroxyl groups is 1. The molecule has 1 N–H and O–H groups in total. The van der Waals surface area contributed by atoms with Gasteiger partial charge in [-0.3, -0.25) is 4.90 Å². The average molecular weight is 275 g/mol. The van der Waals surface area contributed by atoms with Crippen molar-refractivity contribution in [1.82, 2.24) is 4.90 Å². The minimum Gasteiger partial charge on any atom is -0.396 e. The largest absolute Gasteiger partial charge is 0.396 e. The molecule has 0 amide bonds. The van der Waals surface area contributed by atoms with Crippen LogP contribution in [0.2, 0.25) is 0 Å². The first-order valence-corrected chi connectivity index (χ1v) is 7.91. The van der Waals surface area contributed by atoms with Crippen LogP contribution in [0.1, 0.15) is 51.2 Å². The number of likely N-dealkylation sites (tertiary alicyclic amines) is 1. The zero-order chi connectivity index (χ0) is 14.6. The lowest BCUT2D eigenvalue weighted by Crippen LogP contribution is -2.33. The van der Waals surface area contributed by atoms with Crippen molar-refractivity contribution < 1.29 is 5.11 Å². The van der Waals surface area contributed by atoms with E-state index in [-0.39, 0.29) is 5.41 Å². The van der Waals surface area contributed by atoms with E-state index in [0.29, 0.717) is 6.61 Å². The fourth-order valence-corrected chi connectivity index (χ4v) is 2.98. The summed E-state index contributed by atoms with van der Waals surface area (Å²) in [6.07, 6.45) is 3.45. The molecule has 1 aromatic carbocycles. The number of rotatable bonds is 4. The van der Waals surface area contributed by atoms with Crippen molar-refractivity contribution in [3.05, 3.63) is 35.4 Å². The van der Waals surface area contributed by atoms with Crippen molar-refractivity contribution in [2.75, 3.05) is 19.7 Å². The van der Waals surface area contributed by atoms with Gasteiger partial charge in [0.05, 0.1) is 0 Å². The highest BCUT2D eigenvalue weighted by Gasteiger charge is 2.19. The minimum absolute atomic E-state index is 0.237. The summed E-state index contributed by atoms with van der Waals surface area (Å²) in [6.45, 7) is 10.5. The van der Waals surface area contributed by atoms with Crippen LogP contribution in [0.3, 0.4) is 0 Å². The van der Waals surface area contributed by atoms with Crippen molar-refractivity contribution in [3.63, 3.8) is 0 Å². The van der Waals surface area contributed by atoms with E-state index in [1.807, 2.05) is 0 Å². The lowest BCUT2D eigenvalue weighted by molar-refractivity contribution is 0.153. The highest BCUT2D eigenvalue weighted by atomic mass is 16.3. The molecule has 2 heteroatoms. The van der Waals surface area contributed by atoms with E-state index in [1.54, 1.807) is 0 Å². The Balaban J connectivity index is 1.85. The van der Waals surface area contributed by atoms with Crippen LogP contribution in [-0.4, -0.2) is 29.7 Å². The molecule has 1 aliphatic rings. The predicted molar refractivity (Wildman–Crippen MR) is 84.8 cm³/mol. The van der Waals surface area contributed by atoms with Crippen molar-refractivity contribution >= 4 is 0 Å². The Bertz CT molecular complexity index is 396. The van der Waals surface area contributed by atoms with E-state index in [2.05, 4.69) is 49.9 Å². The molecule has 0 radical (unpaired) electrons. The first-order valence-electron chi connectivity index (χ1n) is 7.91. The van der Waals surface area contributed by atoms with Gasteiger partial charge in [0.2, 0.25) is 0 Å². The van der Waals surface area contributed by atoms with Crippen molar-refractivity contribution in [2.24, 2.45) is 5.92 Å². The zero-order valence-electron chi connectivity index (χ0n) is 13.2. The maximum Gasteiger partial charge on any atom is 0.0433 e. The van der Waals surface area contributed by atoms with Crippen LogP contribution in [0, 0.1) is 5.92 Å². The first-order chi connectivity index (χ1) is 9.49. The fraction of sp³-hybridized carbons (Fsp3) is 0.667. The summed E-state index contributed by atoms with van der Waals surface area (Å²) in [5.74, 6) is 0.736. The van der Waals surface area contributed by atoms with Gasteiger partial charge < -0.3 is 5.11 Å². The van der Waals surface area contributed by atoms with Crippen LogP contribution in [-0.2, 0) is 12.0 Å². The molecular formula is C18H29NO. The van der Waals surface area contributed by atoms with Crippen molar-refractivity contribution in [2.45, 2.75) is 52.0 Å². The Labute approximate surface area is 123 Å². The van der Waals surface area contributed by atoms with E-state index in [0.717, 1.165) is 18.9 Å². The van der Waals surface area contributed by atoms with Gasteiger partial charge in [0, 0.05) is 13.2 Å². The Morgan fingerprint density at radius 2 is 1.70 bits per heavy atom. The molecule has 1 aromatic rings. The van der Waals surface area contributed by atoms with Crippen LogP contribution in [0.25, 0.3) is 0 Å². The molecule has 0 saturated carbocycles. The molecule has 0 aliphatic carbocycles. The molecule has 20 heavy (non-hydrogen) atoms. The maximum atomic E-state index is 9.00. The van der Waals surface area contributed by atoms with E-state index in [4.69, 9.17) is 5.11 Å². The van der Waals surface area contributed by atoms with Gasteiger partial charge in [-0.15, -0.1) is 0 Å². The molecular weight excluding hydrogens is 246 g/mol. The predicted octanol–water partition coefficient (Wildman–Crippen LogP) is 3.58. The van der Waals surface area contributed by atoms with Gasteiger partial charge >= 0.3 is 0 Å². The van der Waals surface area contributed by atoms with Crippen LogP contribution < -0.4 is 0 Å². The molecule has 1 aliphatic heterocycles. The Hall–Kier alpha value is -0.860. The van der Waals surface area contributed by atoms with Crippen LogP contribution in [0.15, 0.2) is 24.3 Å². The van der Waals surface area contributed by atoms with Crippen molar-refractivity contribution in [3.8, 4) is 0 Å². The lowest BCUT2D eigenvalue weighted by Gasteiger charge is -2.31. The molecule has 1 fully saturated rings. The van der Waals surface area contributed by atoms with Gasteiger partial charge in [0.25, 0.3) is 0 Å². The number of piperidine rings is 1. The second-order valence-corrected chi connectivity index (χ2v) is 7.18. The summed E-state index contributed by atoms with van der Waals surface area (Å²) < 4.78 is 0. The Morgan fingerprint density at radius 1 is 1.10 bits per heavy atom. The van der Waals surface area contributed by atoms with Crippen LogP contribution >= 0.6 is 0 Å². The first kappa shape index (κ1) is 15.5. The third-order valence-electron chi connectivity index (χ3n) is 4.47. The number of hydrogen-bond donors (Lipinski definition) is 1. The molecule has 1 heterocycles. The van der Waals surface area contributed by atoms with Gasteiger partial charge in [-0.2, -0.15) is 0 Å². The maximum absolute atomic E-state index is 9.00. The van der Waals surface area contributed by atoms with E-state index in [1.165, 1.54) is 37.1 Å². The molecule has 0 bridgehead atoms. The third-order valence-corrected chi connectivity index (χ3v) is 4.47. The normalized spacial score (nSPS) is 18.4. The molecule has 112 valence electrons. The van der Waals surface area contributed by atoms with Gasteiger partial charge in [-0.25, -0.2) is 0 Å². The smallest absolute Gasteiger partial charge is 0.0433 e. The summed E-state index contributed by atoms with van der Waals surface area (Å²) in [6, 6.07) is 9.10. The van der Waals surface area contributed by atoms with Gasteiger partial charge in [-0.05, 0) is 54.8 Å². The SMILES string of the molecule is CC(C)(C)c1ccc(CN2CCC(CCO)CC2)cc1. The summed E-state index contributed by atoms with van der Waals surface area (Å²) >= 11 is 0. The summed E-state index contributed by atoms with van der Waals surface area (Å²) in [7, 11) is 0. The second kappa shape index (κ2) is 6.73. The summed E-state index contributed by atoms with van der Waals surface area (Å²) in [5, 5.41) is 9.00. The number of nitrogens with zero attached hydrogens (tertiary/aromatic N) is 1. The molecule has 0 aromatic heterocycles. The third kappa shape index (κ3) is 4.32. The minimum atomic E-state index is 0.237. The zero-order valence-corrected chi connectivity index (χ0v) is 13.2. The fourth-order valence-electron chi connectivity index (χ4n) is 2.98. The standard InChI is InChI=1S/C18H29NO/c1-18(2,3)17-6-4-16(5-7-17)14-19-11-8-15(9-12-19)10-13-20/h4-7,15,20H,8-14H2,1-3H3. The number of aliphatic hydroxyl groups excluding tert-OH is 1. The average Bonchev–Trinajstić information content (AvgIpc) is 2.41. The van der Waals surface area contributed by atoms with Crippen molar-refractivity contribution in [1.29, 1.82) is 0 Å². The number of hydrogen-bond acceptors (Lipinski definition) is 2. The van der Waals surface area contributed by atoms with E-state index in [9.17, 15) is 0 Å². The van der Waals surface area contributed by atoms with Crippen LogP contribution in [0.5, 0.6) is 0 Å². The highest BCUT2D eigenvalue weighted by molar-refractivity contribution is 5.27. The molecule has 0 atom stereocenters. The van der Waals surface area contributed by atoms with E-state index >= 15 is 0 Å². The molecule has 2 rings (SSSR count). The highest BCUT2D eigenvalue weighted by Crippen LogP contribution is 2.24. The van der Waals surface area contributed by atoms with Crippen LogP contribution in [0.4, 0.5) is 0 Å². The summed E-state index contributed by atoms with van der Waals surface area (Å²) in [5.41, 5.74) is 3.06. The van der Waals surface area contributed by atoms with Gasteiger partial charge in [-0.1, -0.05) is 45.0 Å². The molecule has 0 spiro atoms. The quantitative estimate of drug-likeness (QED) is 0.908. The lowest BCUT2D eigenvalue weighted by atomic mass is 9.86. The Morgan fingerprint density at radius 3 is 2.20 bits per heavy atom. The van der Waals surface area contributed by atoms with E-state index < -0.39 is 0 Å². The monoisotopic (exact) mass is 275 g/mol.